The van der Waals surface area contributed by atoms with Gasteiger partial charge in [-0.2, -0.15) is 0 Å². The van der Waals surface area contributed by atoms with E-state index >= 15 is 0 Å². The van der Waals surface area contributed by atoms with Crippen LogP contribution in [0.2, 0.25) is 5.02 Å². The number of likely N-dealkylation sites (tertiary alicyclic amines) is 1. The molecule has 1 aromatic carbocycles. The van der Waals surface area contributed by atoms with Gasteiger partial charge in [-0.3, -0.25) is 4.79 Å². The van der Waals surface area contributed by atoms with Crippen molar-refractivity contribution in [1.82, 2.24) is 4.90 Å². The molecule has 0 N–H and O–H groups in total. The van der Waals surface area contributed by atoms with Gasteiger partial charge < -0.3 is 14.4 Å². The number of ether oxygens (including phenoxy) is 2. The maximum absolute atomic E-state index is 13.9. The molecule has 4 nitrogen and oxygen atoms in total. The van der Waals surface area contributed by atoms with Crippen LogP contribution in [-0.2, 0) is 9.47 Å². The average Bonchev–Trinajstić information content (AvgIpc) is 3.14. The van der Waals surface area contributed by atoms with Crippen LogP contribution in [0.1, 0.15) is 22.5 Å². The third-order valence-corrected chi connectivity index (χ3v) is 6.06. The monoisotopic (exact) mass is 355 g/mol. The van der Waals surface area contributed by atoms with Crippen LogP contribution in [0, 0.1) is 5.82 Å². The van der Waals surface area contributed by atoms with Gasteiger partial charge in [-0.25, -0.2) is 4.39 Å². The zero-order chi connectivity index (χ0) is 16.0. The van der Waals surface area contributed by atoms with Gasteiger partial charge in [0, 0.05) is 36.0 Å². The Hall–Kier alpha value is -1.21. The second-order valence-electron chi connectivity index (χ2n) is 5.76. The molecule has 2 saturated heterocycles. The minimum absolute atomic E-state index is 0.150. The van der Waals surface area contributed by atoms with Gasteiger partial charge in [-0.1, -0.05) is 17.7 Å². The van der Waals surface area contributed by atoms with E-state index in [-0.39, 0.29) is 10.9 Å². The van der Waals surface area contributed by atoms with E-state index < -0.39 is 11.6 Å². The van der Waals surface area contributed by atoms with Gasteiger partial charge in [0.25, 0.3) is 5.91 Å². The van der Waals surface area contributed by atoms with E-state index in [2.05, 4.69) is 0 Å². The molecule has 7 heteroatoms. The second kappa shape index (κ2) is 5.70. The normalized spacial score (nSPS) is 20.5. The number of carbonyl (C=O) groups excluding carboxylic acids is 1. The lowest BCUT2D eigenvalue weighted by molar-refractivity contribution is -0.181. The highest BCUT2D eigenvalue weighted by molar-refractivity contribution is 7.21. The zero-order valence-electron chi connectivity index (χ0n) is 12.3. The molecule has 122 valence electrons. The summed E-state index contributed by atoms with van der Waals surface area (Å²) >= 11 is 7.51. The van der Waals surface area contributed by atoms with Crippen molar-refractivity contribution in [2.45, 2.75) is 18.6 Å². The van der Waals surface area contributed by atoms with Crippen molar-refractivity contribution >= 4 is 38.9 Å². The van der Waals surface area contributed by atoms with Crippen LogP contribution in [0.5, 0.6) is 0 Å². The van der Waals surface area contributed by atoms with Crippen molar-refractivity contribution < 1.29 is 18.7 Å². The zero-order valence-corrected chi connectivity index (χ0v) is 13.9. The molecule has 0 saturated carbocycles. The van der Waals surface area contributed by atoms with Crippen molar-refractivity contribution in [2.24, 2.45) is 0 Å². The van der Waals surface area contributed by atoms with E-state index in [1.54, 1.807) is 17.0 Å². The summed E-state index contributed by atoms with van der Waals surface area (Å²) in [6, 6.07) is 4.75. The lowest BCUT2D eigenvalue weighted by atomic mass is 10.0. The fourth-order valence-corrected chi connectivity index (χ4v) is 4.71. The van der Waals surface area contributed by atoms with Crippen LogP contribution in [0.25, 0.3) is 10.1 Å². The molecule has 23 heavy (non-hydrogen) atoms. The topological polar surface area (TPSA) is 38.8 Å². The quantitative estimate of drug-likeness (QED) is 0.783. The highest BCUT2D eigenvalue weighted by Gasteiger charge is 2.41. The highest BCUT2D eigenvalue weighted by Crippen LogP contribution is 2.39. The molecule has 2 aliphatic heterocycles. The van der Waals surface area contributed by atoms with Gasteiger partial charge in [0.1, 0.15) is 10.7 Å². The Kier molecular flexibility index (Phi) is 3.80. The third-order valence-electron chi connectivity index (χ3n) is 4.43. The van der Waals surface area contributed by atoms with Crippen LogP contribution in [-0.4, -0.2) is 42.9 Å². The molecule has 0 bridgehead atoms. The Labute approximate surface area is 141 Å². The van der Waals surface area contributed by atoms with Crippen molar-refractivity contribution in [1.29, 1.82) is 0 Å². The summed E-state index contributed by atoms with van der Waals surface area (Å²) in [6.07, 6.45) is 1.30. The van der Waals surface area contributed by atoms with Gasteiger partial charge in [-0.15, -0.1) is 11.3 Å². The molecule has 2 fully saturated rings. The maximum Gasteiger partial charge on any atom is 0.265 e. The summed E-state index contributed by atoms with van der Waals surface area (Å²) in [7, 11) is 0. The van der Waals surface area contributed by atoms with E-state index in [0.29, 0.717) is 54.1 Å². The number of nitrogens with zero attached hydrogens (tertiary/aromatic N) is 1. The Bertz CT molecular complexity index is 762. The number of hydrogen-bond acceptors (Lipinski definition) is 4. The molecular formula is C16H15ClFNO3S. The molecule has 0 radical (unpaired) electrons. The molecule has 3 heterocycles. The van der Waals surface area contributed by atoms with Crippen molar-refractivity contribution in [3.05, 3.63) is 33.9 Å². The summed E-state index contributed by atoms with van der Waals surface area (Å²) in [5, 5.41) is 0.542. The van der Waals surface area contributed by atoms with E-state index in [1.165, 1.54) is 17.4 Å². The van der Waals surface area contributed by atoms with Gasteiger partial charge in [0.05, 0.1) is 18.2 Å². The molecule has 1 aromatic heterocycles. The van der Waals surface area contributed by atoms with Crippen LogP contribution < -0.4 is 0 Å². The number of piperidine rings is 1. The van der Waals surface area contributed by atoms with Crippen molar-refractivity contribution in [2.75, 3.05) is 26.3 Å². The van der Waals surface area contributed by atoms with Crippen LogP contribution in [0.3, 0.4) is 0 Å². The summed E-state index contributed by atoms with van der Waals surface area (Å²) in [5.41, 5.74) is 0. The van der Waals surface area contributed by atoms with Gasteiger partial charge in [-0.05, 0) is 12.1 Å². The number of carbonyl (C=O) groups is 1. The first kappa shape index (κ1) is 15.3. The number of fused-ring (bicyclic) bond motifs is 1. The molecule has 1 amide bonds. The number of benzene rings is 1. The summed E-state index contributed by atoms with van der Waals surface area (Å²) in [4.78, 5) is 14.9. The lowest BCUT2D eigenvalue weighted by Gasteiger charge is -2.37. The predicted octanol–water partition coefficient (Wildman–Crippen LogP) is 3.67. The minimum atomic E-state index is -0.521. The highest BCUT2D eigenvalue weighted by atomic mass is 35.5. The van der Waals surface area contributed by atoms with Crippen molar-refractivity contribution in [3.63, 3.8) is 0 Å². The molecular weight excluding hydrogens is 341 g/mol. The average molecular weight is 356 g/mol. The first-order chi connectivity index (χ1) is 11.1. The largest absolute Gasteiger partial charge is 0.347 e. The number of thiophene rings is 1. The third kappa shape index (κ3) is 2.54. The number of amides is 1. The van der Waals surface area contributed by atoms with Gasteiger partial charge in [0.2, 0.25) is 0 Å². The van der Waals surface area contributed by atoms with Crippen molar-refractivity contribution in [3.8, 4) is 0 Å². The van der Waals surface area contributed by atoms with Crippen LogP contribution >= 0.6 is 22.9 Å². The molecule has 0 atom stereocenters. The van der Waals surface area contributed by atoms with E-state index in [4.69, 9.17) is 21.1 Å². The number of halogens is 2. The molecule has 1 spiro atoms. The Morgan fingerprint density at radius 3 is 2.61 bits per heavy atom. The van der Waals surface area contributed by atoms with Gasteiger partial charge >= 0.3 is 0 Å². The Balaban J connectivity index is 1.58. The molecule has 4 rings (SSSR count). The maximum atomic E-state index is 13.9. The molecule has 0 unspecified atom stereocenters. The predicted molar refractivity (Wildman–Crippen MR) is 86.6 cm³/mol. The first-order valence-corrected chi connectivity index (χ1v) is 8.73. The molecule has 2 aliphatic rings. The first-order valence-electron chi connectivity index (χ1n) is 7.53. The van der Waals surface area contributed by atoms with Gasteiger partial charge in [0.15, 0.2) is 5.79 Å². The smallest absolute Gasteiger partial charge is 0.265 e. The SMILES string of the molecule is O=C(c1sc2cccc(F)c2c1Cl)N1CCC2(CC1)OCCO2. The second-order valence-corrected chi connectivity index (χ2v) is 7.19. The standard InChI is InChI=1S/C16H15ClFNO3S/c17-13-12-10(18)2-1-3-11(12)23-14(13)15(20)19-6-4-16(5-7-19)21-8-9-22-16/h1-3H,4-9H2. The number of rotatable bonds is 1. The van der Waals surface area contributed by atoms with E-state index in [9.17, 15) is 9.18 Å². The fraction of sp³-hybridized carbons (Fsp3) is 0.438. The summed E-state index contributed by atoms with van der Waals surface area (Å²) in [5.74, 6) is -1.07. The Morgan fingerprint density at radius 1 is 1.26 bits per heavy atom. The molecule has 2 aromatic rings. The van der Waals surface area contributed by atoms with Crippen LogP contribution in [0.4, 0.5) is 4.39 Å². The minimum Gasteiger partial charge on any atom is -0.347 e. The number of hydrogen-bond donors (Lipinski definition) is 0. The Morgan fingerprint density at radius 2 is 1.96 bits per heavy atom. The fourth-order valence-electron chi connectivity index (χ4n) is 3.19. The summed E-state index contributed by atoms with van der Waals surface area (Å²) < 4.78 is 26.0. The van der Waals surface area contributed by atoms with E-state index in [1.807, 2.05) is 0 Å². The summed E-state index contributed by atoms with van der Waals surface area (Å²) in [6.45, 7) is 2.31. The van der Waals surface area contributed by atoms with E-state index in [0.717, 1.165) is 0 Å². The molecule has 0 aliphatic carbocycles. The lowest BCUT2D eigenvalue weighted by Crippen LogP contribution is -2.47. The van der Waals surface area contributed by atoms with Crippen LogP contribution in [0.15, 0.2) is 18.2 Å².